The normalized spacial score (nSPS) is 12.7. The molecule has 16 nitrogen and oxygen atoms in total. The SMILES string of the molecule is CC(=O)Nc1ccc2c(O)c(N=Nc3ccc(N=Nc4ccc(S(=O)(=O)O)cc4)cc3S(=O)(=O)O)c(S(=O)(=O)O)cc2c1. The average Bonchev–Trinajstić information content (AvgIpc) is 2.89. The number of azo groups is 2. The second-order valence-electron chi connectivity index (χ2n) is 8.66. The Morgan fingerprint density at radius 3 is 1.86 bits per heavy atom. The highest BCUT2D eigenvalue weighted by molar-refractivity contribution is 7.86. The number of hydrogen-bond acceptors (Lipinski definition) is 12. The number of aromatic hydroxyl groups is 1. The number of benzene rings is 4. The van der Waals surface area contributed by atoms with Gasteiger partial charge in [0, 0.05) is 18.0 Å². The van der Waals surface area contributed by atoms with E-state index >= 15 is 0 Å². The van der Waals surface area contributed by atoms with Gasteiger partial charge in [0.15, 0.2) is 5.75 Å². The molecule has 0 saturated heterocycles. The van der Waals surface area contributed by atoms with Crippen LogP contribution in [0, 0.1) is 0 Å². The van der Waals surface area contributed by atoms with Crippen LogP contribution in [0.1, 0.15) is 6.92 Å². The van der Waals surface area contributed by atoms with Crippen molar-refractivity contribution in [3.8, 4) is 5.75 Å². The molecule has 4 aromatic carbocycles. The zero-order valence-electron chi connectivity index (χ0n) is 21.5. The van der Waals surface area contributed by atoms with E-state index in [4.69, 9.17) is 4.55 Å². The standard InChI is InChI=1S/C24H19N5O11S3/c1-13(30)25-16-4-8-19-14(10-16)11-22(43(38,39)40)23(24(19)31)29-28-20-9-5-17(12-21(20)42(35,36)37)27-26-15-2-6-18(7-3-15)41(32,33)34/h2-12,31H,1H3,(H,25,30)(H,32,33,34)(H,35,36,37)(H,38,39,40). The van der Waals surface area contributed by atoms with Crippen molar-refractivity contribution in [2.45, 2.75) is 21.6 Å². The molecule has 0 aliphatic heterocycles. The number of amides is 1. The number of carbonyl (C=O) groups excluding carboxylic acids is 1. The second-order valence-corrected chi connectivity index (χ2v) is 12.9. The molecule has 0 spiro atoms. The second kappa shape index (κ2) is 11.6. The summed E-state index contributed by atoms with van der Waals surface area (Å²) in [5, 5.41) is 28.4. The monoisotopic (exact) mass is 649 g/mol. The van der Waals surface area contributed by atoms with E-state index in [-0.39, 0.29) is 32.7 Å². The number of anilines is 1. The number of phenols is 1. The van der Waals surface area contributed by atoms with Crippen molar-refractivity contribution in [3.05, 3.63) is 66.7 Å². The number of rotatable bonds is 8. The molecule has 4 rings (SSSR count). The van der Waals surface area contributed by atoms with Gasteiger partial charge >= 0.3 is 0 Å². The van der Waals surface area contributed by atoms with Crippen molar-refractivity contribution in [1.29, 1.82) is 0 Å². The van der Waals surface area contributed by atoms with E-state index in [0.717, 1.165) is 30.3 Å². The van der Waals surface area contributed by atoms with Crippen LogP contribution in [0.15, 0.2) is 102 Å². The third-order valence-corrected chi connectivity index (χ3v) is 8.16. The Morgan fingerprint density at radius 1 is 0.674 bits per heavy atom. The van der Waals surface area contributed by atoms with Crippen LogP contribution in [0.2, 0.25) is 0 Å². The number of nitrogens with zero attached hydrogens (tertiary/aromatic N) is 4. The maximum atomic E-state index is 12.1. The van der Waals surface area contributed by atoms with Gasteiger partial charge in [0.1, 0.15) is 21.2 Å². The number of fused-ring (bicyclic) bond motifs is 1. The molecule has 0 aliphatic rings. The van der Waals surface area contributed by atoms with Crippen LogP contribution in [0.25, 0.3) is 10.8 Å². The molecule has 0 unspecified atom stereocenters. The fourth-order valence-corrected chi connectivity index (χ4v) is 5.46. The molecule has 0 fully saturated rings. The van der Waals surface area contributed by atoms with Crippen molar-refractivity contribution in [1.82, 2.24) is 0 Å². The van der Waals surface area contributed by atoms with Crippen molar-refractivity contribution in [3.63, 3.8) is 0 Å². The summed E-state index contributed by atoms with van der Waals surface area (Å²) in [6, 6.07) is 12.7. The van der Waals surface area contributed by atoms with Crippen LogP contribution < -0.4 is 5.32 Å². The molecule has 0 radical (unpaired) electrons. The Kier molecular flexibility index (Phi) is 8.40. The van der Waals surface area contributed by atoms with E-state index in [2.05, 4.69) is 25.8 Å². The first-order valence-electron chi connectivity index (χ1n) is 11.5. The van der Waals surface area contributed by atoms with Crippen molar-refractivity contribution in [2.75, 3.05) is 5.32 Å². The van der Waals surface area contributed by atoms with E-state index in [1.807, 2.05) is 0 Å². The minimum absolute atomic E-state index is 0.0471. The molecule has 0 aromatic heterocycles. The highest BCUT2D eigenvalue weighted by Crippen LogP contribution is 2.42. The van der Waals surface area contributed by atoms with E-state index in [1.165, 1.54) is 43.3 Å². The fourth-order valence-electron chi connectivity index (χ4n) is 3.68. The predicted molar refractivity (Wildman–Crippen MR) is 151 cm³/mol. The Hall–Kier alpha value is -4.66. The summed E-state index contributed by atoms with van der Waals surface area (Å²) in [5.41, 5.74) is -0.993. The summed E-state index contributed by atoms with van der Waals surface area (Å²) in [5.74, 6) is -1.16. The van der Waals surface area contributed by atoms with Gasteiger partial charge in [-0.3, -0.25) is 18.5 Å². The smallest absolute Gasteiger partial charge is 0.296 e. The predicted octanol–water partition coefficient (Wildman–Crippen LogP) is 5.07. The summed E-state index contributed by atoms with van der Waals surface area (Å²) in [6.45, 7) is 1.25. The van der Waals surface area contributed by atoms with Gasteiger partial charge in [-0.25, -0.2) is 0 Å². The van der Waals surface area contributed by atoms with E-state index in [9.17, 15) is 44.3 Å². The van der Waals surface area contributed by atoms with Crippen LogP contribution in [-0.2, 0) is 35.1 Å². The average molecular weight is 650 g/mol. The summed E-state index contributed by atoms with van der Waals surface area (Å²) < 4.78 is 99.3. The molecule has 19 heteroatoms. The minimum Gasteiger partial charge on any atom is -0.505 e. The summed E-state index contributed by atoms with van der Waals surface area (Å²) in [4.78, 5) is 9.25. The van der Waals surface area contributed by atoms with E-state index in [0.29, 0.717) is 0 Å². The van der Waals surface area contributed by atoms with Crippen molar-refractivity contribution < 1.29 is 48.8 Å². The molecule has 1 amide bonds. The zero-order valence-corrected chi connectivity index (χ0v) is 24.0. The molecule has 0 atom stereocenters. The number of nitrogens with one attached hydrogen (secondary N) is 1. The maximum Gasteiger partial charge on any atom is 0.296 e. The Labute approximate surface area is 243 Å². The Bertz CT molecular complexity index is 2160. The molecular formula is C24H19N5O11S3. The third-order valence-electron chi connectivity index (χ3n) is 5.54. The largest absolute Gasteiger partial charge is 0.505 e. The number of hydrogen-bond donors (Lipinski definition) is 5. The molecule has 0 heterocycles. The van der Waals surface area contributed by atoms with Gasteiger partial charge in [-0.05, 0) is 72.1 Å². The van der Waals surface area contributed by atoms with Gasteiger partial charge in [0.25, 0.3) is 30.4 Å². The lowest BCUT2D eigenvalue weighted by Gasteiger charge is -2.10. The highest BCUT2D eigenvalue weighted by atomic mass is 32.2. The first-order valence-corrected chi connectivity index (χ1v) is 15.8. The molecule has 0 bridgehead atoms. The van der Waals surface area contributed by atoms with Crippen LogP contribution in [0.5, 0.6) is 5.75 Å². The lowest BCUT2D eigenvalue weighted by atomic mass is 10.1. The summed E-state index contributed by atoms with van der Waals surface area (Å²) in [6.07, 6.45) is 0. The molecular weight excluding hydrogens is 630 g/mol. The van der Waals surface area contributed by atoms with Crippen LogP contribution in [0.3, 0.4) is 0 Å². The first-order chi connectivity index (χ1) is 19.9. The van der Waals surface area contributed by atoms with E-state index < -0.39 is 63.2 Å². The van der Waals surface area contributed by atoms with Crippen molar-refractivity contribution >= 4 is 75.5 Å². The van der Waals surface area contributed by atoms with Crippen LogP contribution in [-0.4, -0.2) is 49.9 Å². The molecule has 224 valence electrons. The van der Waals surface area contributed by atoms with Gasteiger partial charge in [-0.1, -0.05) is 0 Å². The molecule has 0 saturated carbocycles. The lowest BCUT2D eigenvalue weighted by molar-refractivity contribution is -0.114. The zero-order chi connectivity index (χ0) is 31.7. The lowest BCUT2D eigenvalue weighted by Crippen LogP contribution is -2.05. The van der Waals surface area contributed by atoms with Gasteiger partial charge in [0.2, 0.25) is 5.91 Å². The Morgan fingerprint density at radius 2 is 1.28 bits per heavy atom. The van der Waals surface area contributed by atoms with Gasteiger partial charge < -0.3 is 10.4 Å². The quantitative estimate of drug-likeness (QED) is 0.124. The number of phenolic OH excluding ortho intramolecular Hbond substituents is 1. The summed E-state index contributed by atoms with van der Waals surface area (Å²) >= 11 is 0. The minimum atomic E-state index is -5.02. The van der Waals surface area contributed by atoms with Crippen LogP contribution >= 0.6 is 0 Å². The van der Waals surface area contributed by atoms with Gasteiger partial charge in [-0.2, -0.15) is 35.5 Å². The van der Waals surface area contributed by atoms with Crippen molar-refractivity contribution in [2.24, 2.45) is 20.5 Å². The fraction of sp³-hybridized carbons (Fsp3) is 0.0417. The van der Waals surface area contributed by atoms with Crippen LogP contribution in [0.4, 0.5) is 28.4 Å². The summed E-state index contributed by atoms with van der Waals surface area (Å²) in [7, 11) is -14.4. The third kappa shape index (κ3) is 7.41. The molecule has 43 heavy (non-hydrogen) atoms. The first kappa shape index (κ1) is 31.3. The molecule has 5 N–H and O–H groups in total. The van der Waals surface area contributed by atoms with Gasteiger partial charge in [-0.15, -0.1) is 10.2 Å². The highest BCUT2D eigenvalue weighted by Gasteiger charge is 2.23. The Balaban J connectivity index is 1.76. The van der Waals surface area contributed by atoms with Gasteiger partial charge in [0.05, 0.1) is 16.3 Å². The topological polar surface area (TPSA) is 262 Å². The maximum absolute atomic E-state index is 12.1. The van der Waals surface area contributed by atoms with E-state index in [1.54, 1.807) is 0 Å². The molecule has 0 aliphatic carbocycles. The molecule has 4 aromatic rings. The number of carbonyl (C=O) groups is 1.